The van der Waals surface area contributed by atoms with Crippen LogP contribution < -0.4 is 0 Å². The predicted molar refractivity (Wildman–Crippen MR) is 108 cm³/mol. The van der Waals surface area contributed by atoms with E-state index in [4.69, 9.17) is 18.1 Å². The van der Waals surface area contributed by atoms with Gasteiger partial charge in [-0.25, -0.2) is 0 Å². The van der Waals surface area contributed by atoms with Gasteiger partial charge in [0.1, 0.15) is 6.10 Å². The van der Waals surface area contributed by atoms with Gasteiger partial charge in [-0.05, 0) is 58.3 Å². The summed E-state index contributed by atoms with van der Waals surface area (Å²) in [6, 6.07) is 1.06. The van der Waals surface area contributed by atoms with E-state index in [1.165, 1.54) is 0 Å². The Bertz CT molecular complexity index is 313. The highest BCUT2D eigenvalue weighted by molar-refractivity contribution is 6.87. The number of aliphatic hydroxyl groups is 2. The molecule has 8 heteroatoms. The van der Waals surface area contributed by atoms with Crippen LogP contribution in [0.3, 0.4) is 0 Å². The highest BCUT2D eigenvalue weighted by atomic mass is 28.5. The molecular formula is C16H40O5Si3. The third-order valence-corrected chi connectivity index (χ3v) is 12.8. The molecule has 0 aliphatic heterocycles. The lowest BCUT2D eigenvalue weighted by atomic mass is 10.2. The Hall–Kier alpha value is 0.451. The molecule has 24 heavy (non-hydrogen) atoms. The molecule has 146 valence electrons. The molecule has 0 aromatic heterocycles. The maximum Gasteiger partial charge on any atom is 0.314 e. The minimum atomic E-state index is -2.08. The zero-order valence-corrected chi connectivity index (χ0v) is 19.9. The highest BCUT2D eigenvalue weighted by Crippen LogP contribution is 2.26. The van der Waals surface area contributed by atoms with Gasteiger partial charge in [0, 0.05) is 6.61 Å². The van der Waals surface area contributed by atoms with Crippen molar-refractivity contribution < 1.29 is 23.2 Å². The average Bonchev–Trinajstić information content (AvgIpc) is 2.36. The van der Waals surface area contributed by atoms with Crippen molar-refractivity contribution in [2.24, 2.45) is 0 Å². The molecule has 0 aromatic rings. The van der Waals surface area contributed by atoms with E-state index in [1.807, 2.05) is 0 Å². The van der Waals surface area contributed by atoms with Gasteiger partial charge in [0.25, 0.3) is 0 Å². The fourth-order valence-corrected chi connectivity index (χ4v) is 15.3. The molecule has 0 saturated heterocycles. The second kappa shape index (κ2) is 11.2. The Balaban J connectivity index is 4.07. The molecule has 0 fully saturated rings. The summed E-state index contributed by atoms with van der Waals surface area (Å²) in [5.41, 5.74) is 0. The number of aliphatic hydroxyl groups excluding tert-OH is 2. The summed E-state index contributed by atoms with van der Waals surface area (Å²) >= 11 is 0. The lowest BCUT2D eigenvalue weighted by Crippen LogP contribution is -2.52. The molecule has 5 nitrogen and oxygen atoms in total. The third kappa shape index (κ3) is 14.8. The van der Waals surface area contributed by atoms with E-state index >= 15 is 0 Å². The first kappa shape index (κ1) is 24.5. The van der Waals surface area contributed by atoms with Gasteiger partial charge < -0.3 is 23.2 Å². The number of unbranched alkanes of at least 4 members (excludes halogenated alkanes) is 3. The molecule has 0 aliphatic carbocycles. The molecule has 0 spiro atoms. The zero-order valence-electron chi connectivity index (χ0n) is 16.9. The van der Waals surface area contributed by atoms with Crippen LogP contribution in [0.2, 0.25) is 51.9 Å². The summed E-state index contributed by atoms with van der Waals surface area (Å²) in [6.07, 6.45) is 3.63. The first-order valence-corrected chi connectivity index (χ1v) is 18.5. The Morgan fingerprint density at radius 2 is 1.29 bits per heavy atom. The van der Waals surface area contributed by atoms with Crippen molar-refractivity contribution in [3.05, 3.63) is 0 Å². The molecule has 2 N–H and O–H groups in total. The number of hydrogen-bond acceptors (Lipinski definition) is 5. The van der Waals surface area contributed by atoms with Crippen LogP contribution in [0.5, 0.6) is 0 Å². The molecule has 0 saturated carbocycles. The molecule has 0 aliphatic rings. The molecule has 1 unspecified atom stereocenters. The Labute approximate surface area is 152 Å². The van der Waals surface area contributed by atoms with Gasteiger partial charge in [0.05, 0.1) is 13.2 Å². The predicted octanol–water partition coefficient (Wildman–Crippen LogP) is 3.69. The van der Waals surface area contributed by atoms with Crippen molar-refractivity contribution in [3.8, 4) is 0 Å². The summed E-state index contributed by atoms with van der Waals surface area (Å²) in [4.78, 5) is 0. The molecule has 0 rings (SSSR count). The summed E-state index contributed by atoms with van der Waals surface area (Å²) in [5.74, 6) is 0. The normalized spacial score (nSPS) is 14.9. The first-order valence-electron chi connectivity index (χ1n) is 9.14. The second-order valence-electron chi connectivity index (χ2n) is 8.64. The van der Waals surface area contributed by atoms with Crippen LogP contribution >= 0.6 is 0 Å². The lowest BCUT2D eigenvalue weighted by molar-refractivity contribution is 0.00527. The maximum absolute atomic E-state index is 9.18. The molecule has 1 atom stereocenters. The summed E-state index contributed by atoms with van der Waals surface area (Å²) in [6.45, 7) is 16.3. The van der Waals surface area contributed by atoms with E-state index in [2.05, 4.69) is 45.8 Å². The monoisotopic (exact) mass is 396 g/mol. The molecule has 0 radical (unpaired) electrons. The van der Waals surface area contributed by atoms with E-state index in [0.29, 0.717) is 6.61 Å². The van der Waals surface area contributed by atoms with Crippen molar-refractivity contribution in [2.45, 2.75) is 83.7 Å². The van der Waals surface area contributed by atoms with Crippen LogP contribution in [0.15, 0.2) is 0 Å². The van der Waals surface area contributed by atoms with Gasteiger partial charge in [0.2, 0.25) is 0 Å². The quantitative estimate of drug-likeness (QED) is 0.346. The van der Waals surface area contributed by atoms with Gasteiger partial charge in [-0.1, -0.05) is 19.3 Å². The number of rotatable bonds is 14. The Kier molecular flexibility index (Phi) is 11.4. The van der Waals surface area contributed by atoms with Crippen molar-refractivity contribution in [1.82, 2.24) is 0 Å². The van der Waals surface area contributed by atoms with E-state index in [9.17, 15) is 5.11 Å². The van der Waals surface area contributed by atoms with Crippen LogP contribution in [0.1, 0.15) is 25.7 Å². The maximum atomic E-state index is 9.18. The average molecular weight is 397 g/mol. The van der Waals surface area contributed by atoms with Gasteiger partial charge in [-0.15, -0.1) is 0 Å². The van der Waals surface area contributed by atoms with Crippen molar-refractivity contribution in [2.75, 3.05) is 19.8 Å². The second-order valence-corrected chi connectivity index (χ2v) is 21.5. The largest absolute Gasteiger partial charge is 0.437 e. The van der Waals surface area contributed by atoms with Crippen LogP contribution in [-0.4, -0.2) is 61.3 Å². The SMILES string of the molecule is C[Si](C)(C)O[Si](C)(CCCCCCOCC(O)CO)O[Si](C)(C)C. The van der Waals surface area contributed by atoms with Gasteiger partial charge in [-0.3, -0.25) is 0 Å². The molecule has 0 bridgehead atoms. The Morgan fingerprint density at radius 1 is 0.792 bits per heavy atom. The minimum absolute atomic E-state index is 0.218. The van der Waals surface area contributed by atoms with E-state index in [-0.39, 0.29) is 13.2 Å². The van der Waals surface area contributed by atoms with Crippen LogP contribution in [0, 0.1) is 0 Å². The zero-order chi connectivity index (χ0) is 18.9. The van der Waals surface area contributed by atoms with E-state index in [0.717, 1.165) is 31.7 Å². The lowest BCUT2D eigenvalue weighted by Gasteiger charge is -2.38. The van der Waals surface area contributed by atoms with E-state index < -0.39 is 31.3 Å². The van der Waals surface area contributed by atoms with E-state index in [1.54, 1.807) is 0 Å². The summed E-state index contributed by atoms with van der Waals surface area (Å²) in [5, 5.41) is 17.9. The molecule has 0 amide bonds. The number of ether oxygens (including phenoxy) is 1. The molecule has 0 heterocycles. The Morgan fingerprint density at radius 3 is 1.75 bits per heavy atom. The summed E-state index contributed by atoms with van der Waals surface area (Å²) in [7, 11) is -5.28. The van der Waals surface area contributed by atoms with Crippen LogP contribution in [0.4, 0.5) is 0 Å². The standard InChI is InChI=1S/C16H40O5Si3/c1-22(2,3)20-24(7,21-23(4,5)6)13-11-9-8-10-12-19-15-16(18)14-17/h16-18H,8-15H2,1-7H3. The van der Waals surface area contributed by atoms with Crippen molar-refractivity contribution in [1.29, 1.82) is 0 Å². The van der Waals surface area contributed by atoms with Gasteiger partial charge >= 0.3 is 8.56 Å². The van der Waals surface area contributed by atoms with Crippen molar-refractivity contribution in [3.63, 3.8) is 0 Å². The number of hydrogen-bond donors (Lipinski definition) is 2. The van der Waals surface area contributed by atoms with Crippen LogP contribution in [0.25, 0.3) is 0 Å². The fourth-order valence-electron chi connectivity index (χ4n) is 2.69. The van der Waals surface area contributed by atoms with Crippen LogP contribution in [-0.2, 0) is 13.0 Å². The minimum Gasteiger partial charge on any atom is -0.437 e. The smallest absolute Gasteiger partial charge is 0.314 e. The first-order chi connectivity index (χ1) is 10.9. The highest BCUT2D eigenvalue weighted by Gasteiger charge is 2.39. The molecule has 0 aromatic carbocycles. The van der Waals surface area contributed by atoms with Gasteiger partial charge in [-0.2, -0.15) is 0 Å². The topological polar surface area (TPSA) is 68.2 Å². The van der Waals surface area contributed by atoms with Crippen molar-refractivity contribution >= 4 is 25.2 Å². The third-order valence-electron chi connectivity index (χ3n) is 3.23. The fraction of sp³-hybridized carbons (Fsp3) is 1.00. The molecular weight excluding hydrogens is 356 g/mol. The summed E-state index contributed by atoms with van der Waals surface area (Å²) < 4.78 is 18.3. The van der Waals surface area contributed by atoms with Gasteiger partial charge in [0.15, 0.2) is 16.6 Å².